The fourth-order valence-electron chi connectivity index (χ4n) is 1.23. The van der Waals surface area contributed by atoms with Crippen molar-refractivity contribution >= 4 is 22.9 Å². The number of carbonyl (C=O) groups excluding carboxylic acids is 2. The molecule has 2 amide bonds. The monoisotopic (exact) mass is 207 g/mol. The molecular weight excluding hydrogens is 198 g/mol. The van der Waals surface area contributed by atoms with Crippen molar-refractivity contribution in [2.24, 2.45) is 5.73 Å². The van der Waals surface area contributed by atoms with Crippen LogP contribution in [0.4, 0.5) is 0 Å². The fourth-order valence-corrected chi connectivity index (χ4v) is 1.23. The van der Waals surface area contributed by atoms with Gasteiger partial charge in [0, 0.05) is 12.1 Å². The number of hydrogen-bond acceptors (Lipinski definition) is 3. The molecule has 0 atom stereocenters. The van der Waals surface area contributed by atoms with Crippen LogP contribution in [0.2, 0.25) is 0 Å². The Balaban J connectivity index is 2.13. The van der Waals surface area contributed by atoms with Gasteiger partial charge in [0.1, 0.15) is 5.69 Å². The van der Waals surface area contributed by atoms with Crippen molar-refractivity contribution in [1.29, 1.82) is 0 Å². The third-order valence-electron chi connectivity index (χ3n) is 1.91. The number of aromatic nitrogens is 1. The van der Waals surface area contributed by atoms with E-state index in [1.165, 1.54) is 6.26 Å². The molecule has 0 unspecified atom stereocenters. The van der Waals surface area contributed by atoms with E-state index in [9.17, 15) is 9.59 Å². The lowest BCUT2D eigenvalue weighted by Gasteiger charge is -1.98. The van der Waals surface area contributed by atoms with Gasteiger partial charge in [-0.05, 0) is 0 Å². The number of amides is 2. The maximum Gasteiger partial charge on any atom is 0.268 e. The lowest BCUT2D eigenvalue weighted by Crippen LogP contribution is -2.33. The van der Waals surface area contributed by atoms with Crippen molar-refractivity contribution in [3.8, 4) is 0 Å². The molecule has 0 saturated heterocycles. The van der Waals surface area contributed by atoms with Crippen LogP contribution < -0.4 is 11.1 Å². The number of rotatable bonds is 3. The predicted molar refractivity (Wildman–Crippen MR) is 52.1 cm³/mol. The summed E-state index contributed by atoms with van der Waals surface area (Å²) >= 11 is 0. The first-order valence-electron chi connectivity index (χ1n) is 4.29. The lowest BCUT2D eigenvalue weighted by molar-refractivity contribution is -0.117. The van der Waals surface area contributed by atoms with Gasteiger partial charge in [-0.3, -0.25) is 9.59 Å². The number of fused-ring (bicyclic) bond motifs is 1. The van der Waals surface area contributed by atoms with E-state index in [4.69, 9.17) is 10.2 Å². The second kappa shape index (κ2) is 3.49. The molecule has 4 N–H and O–H groups in total. The van der Waals surface area contributed by atoms with Gasteiger partial charge in [0.2, 0.25) is 5.91 Å². The molecule has 0 radical (unpaired) electrons. The zero-order valence-corrected chi connectivity index (χ0v) is 7.74. The molecule has 0 aliphatic carbocycles. The summed E-state index contributed by atoms with van der Waals surface area (Å²) in [4.78, 5) is 24.7. The normalized spacial score (nSPS) is 10.4. The first-order chi connectivity index (χ1) is 7.16. The molecular formula is C9H9N3O3. The van der Waals surface area contributed by atoms with E-state index < -0.39 is 5.91 Å². The van der Waals surface area contributed by atoms with Crippen molar-refractivity contribution in [2.75, 3.05) is 6.54 Å². The van der Waals surface area contributed by atoms with E-state index in [0.29, 0.717) is 11.3 Å². The maximum atomic E-state index is 11.4. The Kier molecular flexibility index (Phi) is 2.17. The quantitative estimate of drug-likeness (QED) is 0.658. The number of aromatic amines is 1. The van der Waals surface area contributed by atoms with Crippen molar-refractivity contribution < 1.29 is 14.0 Å². The maximum absolute atomic E-state index is 11.4. The molecule has 15 heavy (non-hydrogen) atoms. The van der Waals surface area contributed by atoms with Crippen LogP contribution in [0.15, 0.2) is 22.8 Å². The van der Waals surface area contributed by atoms with Gasteiger partial charge in [-0.15, -0.1) is 0 Å². The van der Waals surface area contributed by atoms with Gasteiger partial charge >= 0.3 is 0 Å². The van der Waals surface area contributed by atoms with E-state index in [2.05, 4.69) is 10.3 Å². The molecule has 0 aliphatic rings. The molecule has 0 bridgehead atoms. The molecule has 2 heterocycles. The Morgan fingerprint density at radius 3 is 3.00 bits per heavy atom. The van der Waals surface area contributed by atoms with E-state index in [1.54, 1.807) is 12.1 Å². The van der Waals surface area contributed by atoms with Gasteiger partial charge in [0.25, 0.3) is 5.91 Å². The van der Waals surface area contributed by atoms with Crippen LogP contribution in [0.1, 0.15) is 10.5 Å². The van der Waals surface area contributed by atoms with Gasteiger partial charge in [-0.25, -0.2) is 0 Å². The largest absolute Gasteiger partial charge is 0.463 e. The molecule has 6 heteroatoms. The van der Waals surface area contributed by atoms with E-state index in [-0.39, 0.29) is 12.5 Å². The Bertz CT molecular complexity index is 483. The number of hydrogen-bond donors (Lipinski definition) is 3. The molecule has 6 nitrogen and oxygen atoms in total. The van der Waals surface area contributed by atoms with Gasteiger partial charge in [-0.2, -0.15) is 0 Å². The van der Waals surface area contributed by atoms with E-state index >= 15 is 0 Å². The molecule has 0 fully saturated rings. The van der Waals surface area contributed by atoms with Gasteiger partial charge in [0.15, 0.2) is 5.58 Å². The van der Waals surface area contributed by atoms with Crippen molar-refractivity contribution in [1.82, 2.24) is 10.3 Å². The first kappa shape index (κ1) is 9.32. The topological polar surface area (TPSA) is 101 Å². The summed E-state index contributed by atoms with van der Waals surface area (Å²) in [6.07, 6.45) is 1.52. The smallest absolute Gasteiger partial charge is 0.268 e. The minimum absolute atomic E-state index is 0.181. The second-order valence-corrected chi connectivity index (χ2v) is 3.03. The Hall–Kier alpha value is -2.24. The molecule has 78 valence electrons. The van der Waals surface area contributed by atoms with Crippen molar-refractivity contribution in [2.45, 2.75) is 0 Å². The molecule has 2 rings (SSSR count). The average molecular weight is 207 g/mol. The molecule has 0 spiro atoms. The number of primary amides is 1. The first-order valence-corrected chi connectivity index (χ1v) is 4.29. The molecule has 2 aromatic heterocycles. The Labute approximate surface area is 84.4 Å². The Morgan fingerprint density at radius 1 is 1.53 bits per heavy atom. The van der Waals surface area contributed by atoms with Gasteiger partial charge in [0.05, 0.1) is 18.3 Å². The second-order valence-electron chi connectivity index (χ2n) is 3.03. The Morgan fingerprint density at radius 2 is 2.33 bits per heavy atom. The highest BCUT2D eigenvalue weighted by Crippen LogP contribution is 2.15. The summed E-state index contributed by atoms with van der Waals surface area (Å²) in [6.45, 7) is -0.181. The zero-order chi connectivity index (χ0) is 10.8. The minimum Gasteiger partial charge on any atom is -0.463 e. The highest BCUT2D eigenvalue weighted by Gasteiger charge is 2.10. The molecule has 0 aliphatic heterocycles. The predicted octanol–water partition coefficient (Wildman–Crippen LogP) is -0.0240. The van der Waals surface area contributed by atoms with E-state index in [1.807, 2.05) is 0 Å². The van der Waals surface area contributed by atoms with Crippen LogP contribution in [0.5, 0.6) is 0 Å². The summed E-state index contributed by atoms with van der Waals surface area (Å²) in [5.74, 6) is -0.973. The van der Waals surface area contributed by atoms with Crippen molar-refractivity contribution in [3.63, 3.8) is 0 Å². The lowest BCUT2D eigenvalue weighted by atomic mass is 10.4. The van der Waals surface area contributed by atoms with Crippen LogP contribution in [0, 0.1) is 0 Å². The van der Waals surface area contributed by atoms with Crippen LogP contribution in [0.25, 0.3) is 11.1 Å². The third kappa shape index (κ3) is 1.83. The zero-order valence-electron chi connectivity index (χ0n) is 7.74. The highest BCUT2D eigenvalue weighted by molar-refractivity contribution is 5.98. The van der Waals surface area contributed by atoms with Crippen LogP contribution >= 0.6 is 0 Å². The number of furan rings is 1. The average Bonchev–Trinajstić information content (AvgIpc) is 2.72. The number of nitrogens with one attached hydrogen (secondary N) is 2. The summed E-state index contributed by atoms with van der Waals surface area (Å²) in [5.41, 5.74) is 6.56. The van der Waals surface area contributed by atoms with E-state index in [0.717, 1.165) is 5.52 Å². The summed E-state index contributed by atoms with van der Waals surface area (Å²) in [6, 6.07) is 3.27. The van der Waals surface area contributed by atoms with Gasteiger partial charge < -0.3 is 20.5 Å². The summed E-state index contributed by atoms with van der Waals surface area (Å²) in [5, 5.41) is 2.36. The number of carbonyl (C=O) groups is 2. The number of H-pyrrole nitrogens is 1. The SMILES string of the molecule is NC(=O)CNC(=O)c1cc2occc2[nH]1. The highest BCUT2D eigenvalue weighted by atomic mass is 16.3. The third-order valence-corrected chi connectivity index (χ3v) is 1.91. The fraction of sp³-hybridized carbons (Fsp3) is 0.111. The number of nitrogens with two attached hydrogens (primary N) is 1. The van der Waals surface area contributed by atoms with Crippen LogP contribution in [-0.2, 0) is 4.79 Å². The van der Waals surface area contributed by atoms with Crippen LogP contribution in [-0.4, -0.2) is 23.3 Å². The molecule has 0 saturated carbocycles. The summed E-state index contributed by atoms with van der Waals surface area (Å²) in [7, 11) is 0. The molecule has 0 aromatic carbocycles. The summed E-state index contributed by atoms with van der Waals surface area (Å²) < 4.78 is 5.07. The van der Waals surface area contributed by atoms with Crippen LogP contribution in [0.3, 0.4) is 0 Å². The van der Waals surface area contributed by atoms with Crippen molar-refractivity contribution in [3.05, 3.63) is 24.1 Å². The standard InChI is InChI=1S/C9H9N3O3/c10-8(13)4-11-9(14)6-3-7-5(12-6)1-2-15-7/h1-3,12H,4H2,(H2,10,13)(H,11,14). The van der Waals surface area contributed by atoms with Gasteiger partial charge in [-0.1, -0.05) is 0 Å². The minimum atomic E-state index is -0.585. The molecule has 2 aromatic rings.